The van der Waals surface area contributed by atoms with Crippen molar-refractivity contribution < 1.29 is 14.6 Å². The second kappa shape index (κ2) is 8.92. The molecule has 2 rings (SSSR count). The molecular formula is C18H22N2O3. The minimum Gasteiger partial charge on any atom is -0.394 e. The Balaban J connectivity index is 2.01. The predicted octanol–water partition coefficient (Wildman–Crippen LogP) is 3.08. The van der Waals surface area contributed by atoms with Gasteiger partial charge in [0.05, 0.1) is 19.3 Å². The molecule has 0 saturated heterocycles. The van der Waals surface area contributed by atoms with Crippen LogP contribution in [0, 0.1) is 0 Å². The monoisotopic (exact) mass is 314 g/mol. The number of amides is 2. The molecule has 2 aromatic carbocycles. The molecule has 5 nitrogen and oxygen atoms in total. The van der Waals surface area contributed by atoms with Gasteiger partial charge in [-0.25, -0.2) is 4.79 Å². The molecule has 0 saturated carbocycles. The number of carbonyl (C=O) groups is 1. The molecule has 0 fully saturated rings. The van der Waals surface area contributed by atoms with Crippen LogP contribution in [0.3, 0.4) is 0 Å². The lowest BCUT2D eigenvalue weighted by Crippen LogP contribution is -2.34. The van der Waals surface area contributed by atoms with Gasteiger partial charge in [-0.15, -0.1) is 0 Å². The van der Waals surface area contributed by atoms with E-state index < -0.39 is 6.04 Å². The molecule has 0 unspecified atom stereocenters. The highest BCUT2D eigenvalue weighted by Crippen LogP contribution is 2.17. The van der Waals surface area contributed by atoms with Gasteiger partial charge in [-0.1, -0.05) is 48.5 Å². The molecule has 0 radical (unpaired) electrons. The number of rotatable bonds is 7. The summed E-state index contributed by atoms with van der Waals surface area (Å²) in [5.41, 5.74) is 2.46. The van der Waals surface area contributed by atoms with Crippen molar-refractivity contribution in [2.75, 3.05) is 18.5 Å². The molecule has 1 atom stereocenters. The van der Waals surface area contributed by atoms with Crippen LogP contribution in [0.25, 0.3) is 0 Å². The topological polar surface area (TPSA) is 70.6 Å². The predicted molar refractivity (Wildman–Crippen MR) is 90.2 cm³/mol. The fraction of sp³-hybridized carbons (Fsp3) is 0.278. The van der Waals surface area contributed by atoms with E-state index in [-0.39, 0.29) is 12.6 Å². The van der Waals surface area contributed by atoms with E-state index in [0.717, 1.165) is 11.1 Å². The van der Waals surface area contributed by atoms with Gasteiger partial charge < -0.3 is 20.5 Å². The molecule has 0 bridgehead atoms. The molecule has 0 aromatic heterocycles. The maximum absolute atomic E-state index is 12.2. The summed E-state index contributed by atoms with van der Waals surface area (Å²) in [6.07, 6.45) is 0. The zero-order chi connectivity index (χ0) is 16.5. The molecule has 0 aliphatic heterocycles. The van der Waals surface area contributed by atoms with Crippen LogP contribution in [-0.4, -0.2) is 24.4 Å². The zero-order valence-electron chi connectivity index (χ0n) is 13.2. The van der Waals surface area contributed by atoms with Gasteiger partial charge in [-0.3, -0.25) is 0 Å². The smallest absolute Gasteiger partial charge is 0.319 e. The van der Waals surface area contributed by atoms with Crippen LogP contribution in [0.15, 0.2) is 54.6 Å². The van der Waals surface area contributed by atoms with E-state index in [4.69, 9.17) is 4.74 Å². The van der Waals surface area contributed by atoms with Gasteiger partial charge in [-0.2, -0.15) is 0 Å². The summed E-state index contributed by atoms with van der Waals surface area (Å²) in [5, 5.41) is 15.1. The number of aliphatic hydroxyl groups is 1. The maximum Gasteiger partial charge on any atom is 0.319 e. The number of hydrogen-bond acceptors (Lipinski definition) is 3. The molecule has 0 spiro atoms. The summed E-state index contributed by atoms with van der Waals surface area (Å²) in [5.74, 6) is 0. The SMILES string of the molecule is CCOCc1ccccc1NC(=O)N[C@H](CO)c1ccccc1. The standard InChI is InChI=1S/C18H22N2O3/c1-2-23-13-15-10-6-7-11-16(15)19-18(22)20-17(12-21)14-8-4-3-5-9-14/h3-11,17,21H,2,12-13H2,1H3,(H2,19,20,22)/t17-/m1/s1. The van der Waals surface area contributed by atoms with Crippen molar-refractivity contribution >= 4 is 11.7 Å². The molecule has 0 aliphatic carbocycles. The summed E-state index contributed by atoms with van der Waals surface area (Å²) in [6, 6.07) is 16.0. The second-order valence-corrected chi connectivity index (χ2v) is 5.04. The first-order valence-electron chi connectivity index (χ1n) is 7.63. The van der Waals surface area contributed by atoms with Gasteiger partial charge >= 0.3 is 6.03 Å². The van der Waals surface area contributed by atoms with Crippen molar-refractivity contribution in [3.8, 4) is 0 Å². The van der Waals surface area contributed by atoms with E-state index in [0.29, 0.717) is 18.9 Å². The number of carbonyl (C=O) groups excluding carboxylic acids is 1. The van der Waals surface area contributed by atoms with Crippen molar-refractivity contribution in [1.29, 1.82) is 0 Å². The summed E-state index contributed by atoms with van der Waals surface area (Å²) in [6.45, 7) is 2.81. The Morgan fingerprint density at radius 1 is 1.13 bits per heavy atom. The average Bonchev–Trinajstić information content (AvgIpc) is 2.59. The highest BCUT2D eigenvalue weighted by Gasteiger charge is 2.14. The van der Waals surface area contributed by atoms with E-state index >= 15 is 0 Å². The molecule has 2 amide bonds. The van der Waals surface area contributed by atoms with E-state index in [1.165, 1.54) is 0 Å². The molecule has 0 aliphatic rings. The number of hydrogen-bond donors (Lipinski definition) is 3. The van der Waals surface area contributed by atoms with Crippen molar-refractivity contribution in [2.45, 2.75) is 19.6 Å². The fourth-order valence-corrected chi connectivity index (χ4v) is 2.22. The highest BCUT2D eigenvalue weighted by molar-refractivity contribution is 5.90. The Kier molecular flexibility index (Phi) is 6.59. The first-order chi connectivity index (χ1) is 11.2. The molecule has 2 aromatic rings. The molecule has 122 valence electrons. The Bertz CT molecular complexity index is 617. The molecule has 0 heterocycles. The number of aliphatic hydroxyl groups excluding tert-OH is 1. The maximum atomic E-state index is 12.2. The van der Waals surface area contributed by atoms with E-state index in [1.807, 2.05) is 61.5 Å². The number of urea groups is 1. The van der Waals surface area contributed by atoms with Crippen molar-refractivity contribution in [3.05, 3.63) is 65.7 Å². The normalized spacial score (nSPS) is 11.7. The molecule has 23 heavy (non-hydrogen) atoms. The lowest BCUT2D eigenvalue weighted by Gasteiger charge is -2.18. The number of para-hydroxylation sites is 1. The average molecular weight is 314 g/mol. The van der Waals surface area contributed by atoms with Crippen molar-refractivity contribution in [1.82, 2.24) is 5.32 Å². The van der Waals surface area contributed by atoms with E-state index in [2.05, 4.69) is 10.6 Å². The Hall–Kier alpha value is -2.37. The Labute approximate surface area is 136 Å². The van der Waals surface area contributed by atoms with Crippen molar-refractivity contribution in [2.24, 2.45) is 0 Å². The largest absolute Gasteiger partial charge is 0.394 e. The number of benzene rings is 2. The number of anilines is 1. The zero-order valence-corrected chi connectivity index (χ0v) is 13.2. The molecular weight excluding hydrogens is 292 g/mol. The fourth-order valence-electron chi connectivity index (χ4n) is 2.22. The third-order valence-electron chi connectivity index (χ3n) is 3.42. The second-order valence-electron chi connectivity index (χ2n) is 5.04. The quantitative estimate of drug-likeness (QED) is 0.735. The third kappa shape index (κ3) is 5.09. The van der Waals surface area contributed by atoms with E-state index in [1.54, 1.807) is 0 Å². The lowest BCUT2D eigenvalue weighted by atomic mass is 10.1. The van der Waals surface area contributed by atoms with Crippen molar-refractivity contribution in [3.63, 3.8) is 0 Å². The number of ether oxygens (including phenoxy) is 1. The summed E-state index contributed by atoms with van der Waals surface area (Å²) >= 11 is 0. The van der Waals surface area contributed by atoms with Crippen LogP contribution in [0.2, 0.25) is 0 Å². The molecule has 3 N–H and O–H groups in total. The van der Waals surface area contributed by atoms with Gasteiger partial charge in [0.15, 0.2) is 0 Å². The van der Waals surface area contributed by atoms with E-state index in [9.17, 15) is 9.90 Å². The minimum absolute atomic E-state index is 0.169. The van der Waals surface area contributed by atoms with Gasteiger partial charge in [0.25, 0.3) is 0 Å². The van der Waals surface area contributed by atoms with Crippen LogP contribution < -0.4 is 10.6 Å². The summed E-state index contributed by atoms with van der Waals surface area (Å²) in [7, 11) is 0. The first kappa shape index (κ1) is 17.0. The third-order valence-corrected chi connectivity index (χ3v) is 3.42. The van der Waals surface area contributed by atoms with Gasteiger partial charge in [0, 0.05) is 17.9 Å². The Morgan fingerprint density at radius 3 is 2.52 bits per heavy atom. The molecule has 5 heteroatoms. The van der Waals surface area contributed by atoms with Crippen LogP contribution in [0.5, 0.6) is 0 Å². The van der Waals surface area contributed by atoms with Gasteiger partial charge in [0.1, 0.15) is 0 Å². The van der Waals surface area contributed by atoms with Crippen LogP contribution in [0.1, 0.15) is 24.1 Å². The van der Waals surface area contributed by atoms with Gasteiger partial charge in [0.2, 0.25) is 0 Å². The van der Waals surface area contributed by atoms with Crippen LogP contribution in [0.4, 0.5) is 10.5 Å². The Morgan fingerprint density at radius 2 is 1.83 bits per heavy atom. The van der Waals surface area contributed by atoms with Crippen LogP contribution >= 0.6 is 0 Å². The summed E-state index contributed by atoms with van der Waals surface area (Å²) < 4.78 is 5.40. The summed E-state index contributed by atoms with van der Waals surface area (Å²) in [4.78, 5) is 12.2. The van der Waals surface area contributed by atoms with Crippen LogP contribution in [-0.2, 0) is 11.3 Å². The number of nitrogens with one attached hydrogen (secondary N) is 2. The highest BCUT2D eigenvalue weighted by atomic mass is 16.5. The van der Waals surface area contributed by atoms with Gasteiger partial charge in [-0.05, 0) is 18.6 Å². The lowest BCUT2D eigenvalue weighted by molar-refractivity contribution is 0.134. The minimum atomic E-state index is -0.449. The first-order valence-corrected chi connectivity index (χ1v) is 7.63.